The third-order valence-electron chi connectivity index (χ3n) is 8.50. The molecule has 0 bridgehead atoms. The maximum absolute atomic E-state index is 5.17. The molecule has 5 aromatic heterocycles. The number of pyridine rings is 3. The van der Waals surface area contributed by atoms with E-state index in [1.54, 1.807) is 6.20 Å². The monoisotopic (exact) mass is 602 g/mol. The SMILES string of the molecule is c1ccc(-c2cccc(-c3nc(-c4ccc(-c5nc6c(nc7ccccn76)c6ccccc56)cc4)cc(-c4ccccn4)n3)c2)cc1. The molecule has 0 saturated carbocycles. The van der Waals surface area contributed by atoms with Crippen LogP contribution in [0.25, 0.3) is 84.0 Å². The fraction of sp³-hybridized carbons (Fsp3) is 0. The number of hydrogen-bond acceptors (Lipinski definition) is 5. The quantitative estimate of drug-likeness (QED) is 0.196. The van der Waals surface area contributed by atoms with Crippen LogP contribution in [0, 0.1) is 0 Å². The number of aromatic nitrogens is 6. The molecule has 0 saturated heterocycles. The van der Waals surface area contributed by atoms with Crippen molar-refractivity contribution in [3.63, 3.8) is 0 Å². The van der Waals surface area contributed by atoms with Crippen LogP contribution in [0.1, 0.15) is 0 Å². The fourth-order valence-corrected chi connectivity index (χ4v) is 6.19. The van der Waals surface area contributed by atoms with Crippen LogP contribution in [0.5, 0.6) is 0 Å². The second kappa shape index (κ2) is 11.1. The molecule has 220 valence electrons. The van der Waals surface area contributed by atoms with Gasteiger partial charge in [0.15, 0.2) is 11.5 Å². The smallest absolute Gasteiger partial charge is 0.165 e. The predicted octanol–water partition coefficient (Wildman–Crippen LogP) is 9.56. The number of benzene rings is 4. The topological polar surface area (TPSA) is 68.9 Å². The Labute approximate surface area is 270 Å². The Balaban J connectivity index is 1.17. The molecule has 0 aliphatic rings. The van der Waals surface area contributed by atoms with Gasteiger partial charge in [-0.3, -0.25) is 9.38 Å². The van der Waals surface area contributed by atoms with Gasteiger partial charge < -0.3 is 0 Å². The van der Waals surface area contributed by atoms with Crippen LogP contribution in [0.2, 0.25) is 0 Å². The van der Waals surface area contributed by atoms with Gasteiger partial charge in [-0.05, 0) is 47.5 Å². The van der Waals surface area contributed by atoms with E-state index in [9.17, 15) is 0 Å². The molecule has 0 N–H and O–H groups in total. The first kappa shape index (κ1) is 26.8. The molecule has 0 aliphatic carbocycles. The van der Waals surface area contributed by atoms with Crippen LogP contribution in [-0.4, -0.2) is 29.3 Å². The third-order valence-corrected chi connectivity index (χ3v) is 8.50. The minimum Gasteiger partial charge on any atom is -0.284 e. The fourth-order valence-electron chi connectivity index (χ4n) is 6.19. The lowest BCUT2D eigenvalue weighted by atomic mass is 10.0. The maximum Gasteiger partial charge on any atom is 0.165 e. The van der Waals surface area contributed by atoms with Crippen LogP contribution < -0.4 is 0 Å². The Kier molecular flexibility index (Phi) is 6.35. The molecule has 47 heavy (non-hydrogen) atoms. The van der Waals surface area contributed by atoms with Gasteiger partial charge in [-0.25, -0.2) is 19.9 Å². The largest absolute Gasteiger partial charge is 0.284 e. The van der Waals surface area contributed by atoms with Gasteiger partial charge >= 0.3 is 0 Å². The summed E-state index contributed by atoms with van der Waals surface area (Å²) >= 11 is 0. The molecular formula is C41H26N6. The van der Waals surface area contributed by atoms with Gasteiger partial charge in [-0.15, -0.1) is 0 Å². The van der Waals surface area contributed by atoms with Gasteiger partial charge in [-0.1, -0.05) is 109 Å². The summed E-state index contributed by atoms with van der Waals surface area (Å²) in [5, 5.41) is 2.15. The van der Waals surface area contributed by atoms with Crippen molar-refractivity contribution in [2.75, 3.05) is 0 Å². The van der Waals surface area contributed by atoms with E-state index in [0.717, 1.165) is 78.2 Å². The summed E-state index contributed by atoms with van der Waals surface area (Å²) in [5.74, 6) is 0.649. The second-order valence-corrected chi connectivity index (χ2v) is 11.4. The maximum atomic E-state index is 5.17. The Morgan fingerprint density at radius 1 is 0.426 bits per heavy atom. The summed E-state index contributed by atoms with van der Waals surface area (Å²) in [5.41, 5.74) is 11.1. The molecule has 0 fully saturated rings. The lowest BCUT2D eigenvalue weighted by Crippen LogP contribution is -1.97. The molecule has 0 spiro atoms. The summed E-state index contributed by atoms with van der Waals surface area (Å²) < 4.78 is 2.05. The first-order valence-electron chi connectivity index (χ1n) is 15.5. The van der Waals surface area contributed by atoms with Crippen molar-refractivity contribution < 1.29 is 0 Å². The number of hydrogen-bond donors (Lipinski definition) is 0. The van der Waals surface area contributed by atoms with E-state index in [-0.39, 0.29) is 0 Å². The predicted molar refractivity (Wildman–Crippen MR) is 189 cm³/mol. The number of imidazole rings is 1. The molecule has 6 nitrogen and oxygen atoms in total. The molecule has 0 unspecified atom stereocenters. The standard InChI is InChI=1S/C41H26N6/c1-2-11-27(12-3-1)30-13-10-14-31(25-30)40-43-35(26-36(44-40)34-17-6-8-23-42-34)28-19-21-29(22-20-28)38-32-15-4-5-16-33(32)39-41(46-38)47-24-9-7-18-37(47)45-39/h1-26H. The molecule has 0 aliphatic heterocycles. The Bertz CT molecular complexity index is 2560. The van der Waals surface area contributed by atoms with Gasteiger partial charge in [0.2, 0.25) is 0 Å². The molecule has 5 heterocycles. The summed E-state index contributed by atoms with van der Waals surface area (Å²) in [4.78, 5) is 24.8. The Morgan fingerprint density at radius 3 is 2.00 bits per heavy atom. The second-order valence-electron chi connectivity index (χ2n) is 11.4. The van der Waals surface area contributed by atoms with Crippen LogP contribution >= 0.6 is 0 Å². The number of rotatable bonds is 5. The van der Waals surface area contributed by atoms with Crippen molar-refractivity contribution in [3.8, 4) is 56.4 Å². The molecule has 0 amide bonds. The summed E-state index contributed by atoms with van der Waals surface area (Å²) in [6.45, 7) is 0. The third kappa shape index (κ3) is 4.80. The Morgan fingerprint density at radius 2 is 1.15 bits per heavy atom. The zero-order valence-corrected chi connectivity index (χ0v) is 25.2. The van der Waals surface area contributed by atoms with Gasteiger partial charge in [0, 0.05) is 39.9 Å². The summed E-state index contributed by atoms with van der Waals surface area (Å²) in [6, 6.07) is 49.5. The first-order chi connectivity index (χ1) is 23.3. The van der Waals surface area contributed by atoms with Crippen LogP contribution in [0.4, 0.5) is 0 Å². The lowest BCUT2D eigenvalue weighted by molar-refractivity contribution is 1.16. The zero-order chi connectivity index (χ0) is 31.2. The summed E-state index contributed by atoms with van der Waals surface area (Å²) in [7, 11) is 0. The van der Waals surface area contributed by atoms with Crippen molar-refractivity contribution in [3.05, 3.63) is 158 Å². The first-order valence-corrected chi connectivity index (χ1v) is 15.5. The minimum atomic E-state index is 0.649. The number of nitrogens with zero attached hydrogens (tertiary/aromatic N) is 6. The van der Waals surface area contributed by atoms with E-state index in [1.807, 2.05) is 59.1 Å². The number of fused-ring (bicyclic) bond motifs is 5. The highest BCUT2D eigenvalue weighted by Gasteiger charge is 2.16. The molecule has 6 heteroatoms. The molecule has 9 rings (SSSR count). The molecule has 9 aromatic rings. The lowest BCUT2D eigenvalue weighted by Gasteiger charge is -2.11. The van der Waals surface area contributed by atoms with Crippen molar-refractivity contribution >= 4 is 27.6 Å². The van der Waals surface area contributed by atoms with Crippen molar-refractivity contribution in [1.82, 2.24) is 29.3 Å². The highest BCUT2D eigenvalue weighted by molar-refractivity contribution is 6.09. The molecule has 4 aromatic carbocycles. The average molecular weight is 603 g/mol. The van der Waals surface area contributed by atoms with Gasteiger partial charge in [0.05, 0.1) is 22.8 Å². The molecule has 0 radical (unpaired) electrons. The van der Waals surface area contributed by atoms with Crippen LogP contribution in [0.15, 0.2) is 158 Å². The van der Waals surface area contributed by atoms with Crippen molar-refractivity contribution in [1.29, 1.82) is 0 Å². The van der Waals surface area contributed by atoms with Crippen molar-refractivity contribution in [2.45, 2.75) is 0 Å². The van der Waals surface area contributed by atoms with E-state index in [4.69, 9.17) is 19.9 Å². The van der Waals surface area contributed by atoms with Gasteiger partial charge in [-0.2, -0.15) is 0 Å². The normalized spacial score (nSPS) is 11.4. The van der Waals surface area contributed by atoms with Gasteiger partial charge in [0.1, 0.15) is 11.2 Å². The summed E-state index contributed by atoms with van der Waals surface area (Å²) in [6.07, 6.45) is 3.81. The highest BCUT2D eigenvalue weighted by Crippen LogP contribution is 2.34. The van der Waals surface area contributed by atoms with E-state index in [1.165, 1.54) is 0 Å². The van der Waals surface area contributed by atoms with Crippen LogP contribution in [-0.2, 0) is 0 Å². The molecular weight excluding hydrogens is 576 g/mol. The van der Waals surface area contributed by atoms with Crippen molar-refractivity contribution in [2.24, 2.45) is 0 Å². The van der Waals surface area contributed by atoms with E-state index < -0.39 is 0 Å². The van der Waals surface area contributed by atoms with Crippen LogP contribution in [0.3, 0.4) is 0 Å². The minimum absolute atomic E-state index is 0.649. The van der Waals surface area contributed by atoms with E-state index in [0.29, 0.717) is 5.82 Å². The zero-order valence-electron chi connectivity index (χ0n) is 25.2. The average Bonchev–Trinajstić information content (AvgIpc) is 3.54. The van der Waals surface area contributed by atoms with Gasteiger partial charge in [0.25, 0.3) is 0 Å². The van der Waals surface area contributed by atoms with E-state index in [2.05, 4.69) is 102 Å². The molecule has 0 atom stereocenters. The van der Waals surface area contributed by atoms with E-state index >= 15 is 0 Å². The Hall–Kier alpha value is -6.53. The highest BCUT2D eigenvalue weighted by atomic mass is 15.1.